The number of benzene rings is 1. The SMILES string of the molecule is CCCCCCCCCCCCCCCCCCC[C@H](COP(=O)(O)O)OCc1cc(F)cc(C#N)c1. The molecular weight excluding hydrogens is 492 g/mol. The van der Waals surface area contributed by atoms with Crippen LogP contribution in [0.4, 0.5) is 4.39 Å². The van der Waals surface area contributed by atoms with Crippen LogP contribution in [0.1, 0.15) is 134 Å². The molecule has 0 saturated carbocycles. The van der Waals surface area contributed by atoms with Crippen molar-refractivity contribution in [3.8, 4) is 6.07 Å². The first kappa shape index (κ1) is 33.7. The van der Waals surface area contributed by atoms with Crippen LogP contribution in [0.3, 0.4) is 0 Å². The molecule has 0 spiro atoms. The van der Waals surface area contributed by atoms with Gasteiger partial charge in [0.25, 0.3) is 0 Å². The molecule has 0 bridgehead atoms. The first-order valence-electron chi connectivity index (χ1n) is 14.3. The van der Waals surface area contributed by atoms with Crippen molar-refractivity contribution in [1.82, 2.24) is 0 Å². The molecule has 1 rings (SSSR count). The summed E-state index contributed by atoms with van der Waals surface area (Å²) in [5, 5.41) is 8.99. The van der Waals surface area contributed by atoms with Crippen molar-refractivity contribution in [1.29, 1.82) is 5.26 Å². The third-order valence-electron chi connectivity index (χ3n) is 6.63. The standard InChI is InChI=1S/C29H49FNO5P/c1-2-3-4-5-6-7-8-9-10-11-12-13-14-15-16-17-18-19-29(25-36-37(32,33)34)35-24-27-20-26(23-31)21-28(30)22-27/h20-22,29H,2-19,24-25H2,1H3,(H2,32,33,34)/t29-/m1/s1. The maximum atomic E-state index is 13.6. The van der Waals surface area contributed by atoms with Crippen LogP contribution in [0.2, 0.25) is 0 Å². The van der Waals surface area contributed by atoms with Crippen molar-refractivity contribution in [2.24, 2.45) is 0 Å². The molecule has 0 radical (unpaired) electrons. The molecule has 37 heavy (non-hydrogen) atoms. The molecule has 1 atom stereocenters. The van der Waals surface area contributed by atoms with Gasteiger partial charge in [-0.25, -0.2) is 8.96 Å². The number of halogens is 1. The lowest BCUT2D eigenvalue weighted by Crippen LogP contribution is -2.19. The Labute approximate surface area is 224 Å². The second kappa shape index (κ2) is 21.6. The van der Waals surface area contributed by atoms with E-state index in [4.69, 9.17) is 19.8 Å². The van der Waals surface area contributed by atoms with E-state index in [1.54, 1.807) is 6.07 Å². The van der Waals surface area contributed by atoms with Gasteiger partial charge in [0.1, 0.15) is 5.82 Å². The lowest BCUT2D eigenvalue weighted by atomic mass is 10.0. The average Bonchev–Trinajstić information content (AvgIpc) is 2.86. The van der Waals surface area contributed by atoms with Gasteiger partial charge in [-0.05, 0) is 30.2 Å². The average molecular weight is 542 g/mol. The summed E-state index contributed by atoms with van der Waals surface area (Å²) >= 11 is 0. The first-order valence-corrected chi connectivity index (χ1v) is 15.9. The van der Waals surface area contributed by atoms with Crippen LogP contribution >= 0.6 is 7.82 Å². The number of hydrogen-bond donors (Lipinski definition) is 2. The van der Waals surface area contributed by atoms with E-state index in [0.717, 1.165) is 25.3 Å². The number of phosphoric acid groups is 1. The summed E-state index contributed by atoms with van der Waals surface area (Å²) in [7, 11) is -4.60. The Morgan fingerprint density at radius 3 is 1.78 bits per heavy atom. The zero-order chi connectivity index (χ0) is 27.2. The van der Waals surface area contributed by atoms with Gasteiger partial charge in [-0.1, -0.05) is 116 Å². The Bertz CT molecular complexity index is 795. The van der Waals surface area contributed by atoms with Crippen molar-refractivity contribution in [3.05, 3.63) is 35.1 Å². The van der Waals surface area contributed by atoms with Gasteiger partial charge in [-0.2, -0.15) is 5.26 Å². The Morgan fingerprint density at radius 1 is 0.838 bits per heavy atom. The van der Waals surface area contributed by atoms with E-state index in [0.29, 0.717) is 12.0 Å². The molecule has 8 heteroatoms. The van der Waals surface area contributed by atoms with E-state index >= 15 is 0 Å². The van der Waals surface area contributed by atoms with Gasteiger partial charge in [0.15, 0.2) is 0 Å². The van der Waals surface area contributed by atoms with Crippen LogP contribution in [0.15, 0.2) is 18.2 Å². The maximum Gasteiger partial charge on any atom is 0.469 e. The predicted octanol–water partition coefficient (Wildman–Crippen LogP) is 8.73. The predicted molar refractivity (Wildman–Crippen MR) is 146 cm³/mol. The lowest BCUT2D eigenvalue weighted by Gasteiger charge is -2.18. The largest absolute Gasteiger partial charge is 0.469 e. The monoisotopic (exact) mass is 541 g/mol. The fraction of sp³-hybridized carbons (Fsp3) is 0.759. The second-order valence-electron chi connectivity index (χ2n) is 10.1. The number of unbranched alkanes of at least 4 members (excludes halogenated alkanes) is 16. The smallest absolute Gasteiger partial charge is 0.371 e. The van der Waals surface area contributed by atoms with E-state index in [1.165, 1.54) is 96.0 Å². The number of nitriles is 1. The summed E-state index contributed by atoms with van der Waals surface area (Å²) in [6.07, 6.45) is 21.9. The third-order valence-corrected chi connectivity index (χ3v) is 7.12. The fourth-order valence-corrected chi connectivity index (χ4v) is 4.86. The quantitative estimate of drug-likeness (QED) is 0.100. The van der Waals surface area contributed by atoms with Crippen molar-refractivity contribution in [3.63, 3.8) is 0 Å². The molecule has 0 aliphatic rings. The molecule has 0 aliphatic carbocycles. The Morgan fingerprint density at radius 2 is 1.32 bits per heavy atom. The Kier molecular flexibility index (Phi) is 19.7. The van der Waals surface area contributed by atoms with Gasteiger partial charge in [-0.3, -0.25) is 4.52 Å². The molecule has 0 fully saturated rings. The molecule has 0 saturated heterocycles. The number of rotatable bonds is 24. The molecule has 2 N–H and O–H groups in total. The van der Waals surface area contributed by atoms with Gasteiger partial charge < -0.3 is 14.5 Å². The van der Waals surface area contributed by atoms with Crippen LogP contribution in [-0.2, 0) is 20.4 Å². The minimum absolute atomic E-state index is 0.0422. The maximum absolute atomic E-state index is 13.6. The first-order chi connectivity index (χ1) is 17.8. The number of ether oxygens (including phenoxy) is 1. The van der Waals surface area contributed by atoms with Gasteiger partial charge in [-0.15, -0.1) is 0 Å². The van der Waals surface area contributed by atoms with Gasteiger partial charge in [0, 0.05) is 0 Å². The molecule has 1 aromatic rings. The van der Waals surface area contributed by atoms with Gasteiger partial charge in [0.05, 0.1) is 31.0 Å². The van der Waals surface area contributed by atoms with Crippen LogP contribution in [0, 0.1) is 17.1 Å². The van der Waals surface area contributed by atoms with Crippen molar-refractivity contribution < 1.29 is 28.0 Å². The van der Waals surface area contributed by atoms with Crippen molar-refractivity contribution in [2.45, 2.75) is 135 Å². The Balaban J connectivity index is 2.12. The normalized spacial score (nSPS) is 12.5. The highest BCUT2D eigenvalue weighted by Gasteiger charge is 2.19. The molecule has 1 aromatic carbocycles. The number of nitrogens with zero attached hydrogens (tertiary/aromatic N) is 1. The molecule has 0 aliphatic heterocycles. The molecule has 0 amide bonds. The minimum atomic E-state index is -4.60. The van der Waals surface area contributed by atoms with E-state index in [2.05, 4.69) is 11.4 Å². The molecule has 0 unspecified atom stereocenters. The number of hydrogen-bond acceptors (Lipinski definition) is 4. The van der Waals surface area contributed by atoms with E-state index in [-0.39, 0.29) is 18.8 Å². The fourth-order valence-electron chi connectivity index (χ4n) is 4.50. The summed E-state index contributed by atoms with van der Waals surface area (Å²) in [6, 6.07) is 5.88. The van der Waals surface area contributed by atoms with Crippen LogP contribution < -0.4 is 0 Å². The van der Waals surface area contributed by atoms with Crippen LogP contribution in [-0.4, -0.2) is 22.5 Å². The van der Waals surface area contributed by atoms with E-state index < -0.39 is 19.7 Å². The molecule has 0 heterocycles. The van der Waals surface area contributed by atoms with Crippen molar-refractivity contribution in [2.75, 3.05) is 6.61 Å². The van der Waals surface area contributed by atoms with E-state index in [1.807, 2.05) is 6.07 Å². The Hall–Kier alpha value is -1.29. The highest BCUT2D eigenvalue weighted by molar-refractivity contribution is 7.46. The summed E-state index contributed by atoms with van der Waals surface area (Å²) in [5.41, 5.74) is 0.704. The van der Waals surface area contributed by atoms with Gasteiger partial charge >= 0.3 is 7.82 Å². The summed E-state index contributed by atoms with van der Waals surface area (Å²) in [4.78, 5) is 18.0. The molecule has 212 valence electrons. The summed E-state index contributed by atoms with van der Waals surface area (Å²) < 4.78 is 35.1. The number of phosphoric ester groups is 1. The molecule has 6 nitrogen and oxygen atoms in total. The highest BCUT2D eigenvalue weighted by atomic mass is 31.2. The zero-order valence-corrected chi connectivity index (χ0v) is 23.7. The summed E-state index contributed by atoms with van der Waals surface area (Å²) in [6.45, 7) is 2.07. The van der Waals surface area contributed by atoms with Gasteiger partial charge in [0.2, 0.25) is 0 Å². The van der Waals surface area contributed by atoms with Crippen LogP contribution in [0.25, 0.3) is 0 Å². The van der Waals surface area contributed by atoms with E-state index in [9.17, 15) is 8.96 Å². The van der Waals surface area contributed by atoms with Crippen LogP contribution in [0.5, 0.6) is 0 Å². The molecule has 0 aromatic heterocycles. The zero-order valence-electron chi connectivity index (χ0n) is 22.8. The van der Waals surface area contributed by atoms with Crippen molar-refractivity contribution >= 4 is 7.82 Å². The third kappa shape index (κ3) is 20.4. The molecular formula is C29H49FNO5P. The second-order valence-corrected chi connectivity index (χ2v) is 11.4. The minimum Gasteiger partial charge on any atom is -0.371 e. The topological polar surface area (TPSA) is 99.8 Å². The highest BCUT2D eigenvalue weighted by Crippen LogP contribution is 2.36. The lowest BCUT2D eigenvalue weighted by molar-refractivity contribution is -0.00383. The summed E-state index contributed by atoms with van der Waals surface area (Å²) in [5.74, 6) is -0.520.